The highest BCUT2D eigenvalue weighted by molar-refractivity contribution is 7.89. The number of nitrogens with one attached hydrogen (secondary N) is 1. The molecule has 0 fully saturated rings. The van der Waals surface area contributed by atoms with Crippen LogP contribution in [-0.2, 0) is 21.9 Å². The third-order valence-corrected chi connectivity index (χ3v) is 4.96. The monoisotopic (exact) mass is 303 g/mol. The molecule has 1 aromatic heterocycles. The van der Waals surface area contributed by atoms with Crippen molar-refractivity contribution < 1.29 is 18.3 Å². The first-order chi connectivity index (χ1) is 9.06. The maximum atomic E-state index is 12.4. The Balaban J connectivity index is 3.13. The Morgan fingerprint density at radius 1 is 1.40 bits per heavy atom. The highest BCUT2D eigenvalue weighted by atomic mass is 32.2. The van der Waals surface area contributed by atoms with Crippen LogP contribution >= 0.6 is 0 Å². The Kier molecular flexibility index (Phi) is 4.93. The van der Waals surface area contributed by atoms with Gasteiger partial charge in [0.05, 0.1) is 17.8 Å². The van der Waals surface area contributed by atoms with E-state index < -0.39 is 22.0 Å². The largest absolute Gasteiger partial charge is 0.481 e. The molecule has 1 aromatic rings. The number of carbonyl (C=O) groups is 1. The van der Waals surface area contributed by atoms with Gasteiger partial charge >= 0.3 is 5.97 Å². The third-order valence-electron chi connectivity index (χ3n) is 3.22. The zero-order valence-corrected chi connectivity index (χ0v) is 13.2. The Hall–Kier alpha value is -1.41. The van der Waals surface area contributed by atoms with E-state index in [9.17, 15) is 13.2 Å². The van der Waals surface area contributed by atoms with E-state index in [1.165, 1.54) is 4.68 Å². The normalized spacial score (nSPS) is 13.7. The molecule has 0 bridgehead atoms. The van der Waals surface area contributed by atoms with E-state index in [4.69, 9.17) is 5.11 Å². The van der Waals surface area contributed by atoms with Crippen molar-refractivity contribution in [2.24, 2.45) is 13.0 Å². The van der Waals surface area contributed by atoms with Gasteiger partial charge < -0.3 is 5.11 Å². The Labute approximate surface area is 119 Å². The van der Waals surface area contributed by atoms with Gasteiger partial charge in [-0.2, -0.15) is 5.10 Å². The maximum absolute atomic E-state index is 12.4. The minimum atomic E-state index is -3.79. The second kappa shape index (κ2) is 5.92. The molecule has 7 nitrogen and oxygen atoms in total. The van der Waals surface area contributed by atoms with Crippen LogP contribution in [0.2, 0.25) is 0 Å². The summed E-state index contributed by atoms with van der Waals surface area (Å²) in [5.41, 5.74) is 0.920. The second-order valence-electron chi connectivity index (χ2n) is 5.19. The first kappa shape index (κ1) is 16.6. The lowest BCUT2D eigenvalue weighted by atomic mass is 10.0. The molecular weight excluding hydrogens is 282 g/mol. The zero-order valence-electron chi connectivity index (χ0n) is 12.3. The molecule has 2 N–H and O–H groups in total. The van der Waals surface area contributed by atoms with Gasteiger partial charge in [-0.15, -0.1) is 0 Å². The van der Waals surface area contributed by atoms with Crippen molar-refractivity contribution in [1.82, 2.24) is 14.5 Å². The van der Waals surface area contributed by atoms with E-state index in [0.717, 1.165) is 0 Å². The Morgan fingerprint density at radius 2 is 1.95 bits per heavy atom. The number of aryl methyl sites for hydroxylation is 2. The molecule has 0 aliphatic heterocycles. The quantitative estimate of drug-likeness (QED) is 0.810. The molecule has 0 aliphatic carbocycles. The summed E-state index contributed by atoms with van der Waals surface area (Å²) in [6.45, 7) is 6.83. The molecule has 0 saturated heterocycles. The number of aliphatic carboxylic acids is 1. The SMILES string of the molecule is Cc1nn(C)c(C)c1S(=O)(=O)NC(CC(=O)O)C(C)C. The van der Waals surface area contributed by atoms with E-state index in [1.54, 1.807) is 34.7 Å². The molecular formula is C12H21N3O4S. The molecule has 1 rings (SSSR count). The molecule has 0 saturated carbocycles. The van der Waals surface area contributed by atoms with Crippen LogP contribution in [0.4, 0.5) is 0 Å². The van der Waals surface area contributed by atoms with E-state index in [0.29, 0.717) is 11.4 Å². The summed E-state index contributed by atoms with van der Waals surface area (Å²) < 4.78 is 28.8. The van der Waals surface area contributed by atoms with Crippen LogP contribution in [0.3, 0.4) is 0 Å². The van der Waals surface area contributed by atoms with Gasteiger partial charge in [-0.3, -0.25) is 9.48 Å². The maximum Gasteiger partial charge on any atom is 0.304 e. The molecule has 20 heavy (non-hydrogen) atoms. The fraction of sp³-hybridized carbons (Fsp3) is 0.667. The van der Waals surface area contributed by atoms with Gasteiger partial charge in [-0.1, -0.05) is 13.8 Å². The minimum absolute atomic E-state index is 0.121. The standard InChI is InChI=1S/C12H21N3O4S/c1-7(2)10(6-11(16)17)14-20(18,19)12-8(3)13-15(5)9(12)4/h7,10,14H,6H2,1-5H3,(H,16,17). The molecule has 8 heteroatoms. The average molecular weight is 303 g/mol. The van der Waals surface area contributed by atoms with E-state index >= 15 is 0 Å². The topological polar surface area (TPSA) is 101 Å². The van der Waals surface area contributed by atoms with Gasteiger partial charge in [0.25, 0.3) is 0 Å². The molecule has 0 aromatic carbocycles. The van der Waals surface area contributed by atoms with Gasteiger partial charge in [0.15, 0.2) is 0 Å². The summed E-state index contributed by atoms with van der Waals surface area (Å²) in [6, 6.07) is -0.656. The summed E-state index contributed by atoms with van der Waals surface area (Å²) in [4.78, 5) is 10.9. The molecule has 0 spiro atoms. The number of carboxylic acid groups (broad SMARTS) is 1. The number of carboxylic acids is 1. The summed E-state index contributed by atoms with van der Waals surface area (Å²) >= 11 is 0. The van der Waals surface area contributed by atoms with Crippen LogP contribution in [0.25, 0.3) is 0 Å². The van der Waals surface area contributed by atoms with Crippen LogP contribution < -0.4 is 4.72 Å². The van der Waals surface area contributed by atoms with E-state index in [-0.39, 0.29) is 17.2 Å². The number of aromatic nitrogens is 2. The van der Waals surface area contributed by atoms with Crippen molar-refractivity contribution in [1.29, 1.82) is 0 Å². The molecule has 0 amide bonds. The fourth-order valence-corrected chi connectivity index (χ4v) is 3.83. The number of rotatable bonds is 6. The van der Waals surface area contributed by atoms with Crippen molar-refractivity contribution in [3.05, 3.63) is 11.4 Å². The summed E-state index contributed by atoms with van der Waals surface area (Å²) in [5, 5.41) is 12.9. The second-order valence-corrected chi connectivity index (χ2v) is 6.84. The minimum Gasteiger partial charge on any atom is -0.481 e. The summed E-state index contributed by atoms with van der Waals surface area (Å²) in [7, 11) is -2.12. The first-order valence-electron chi connectivity index (χ1n) is 6.30. The Morgan fingerprint density at radius 3 is 2.30 bits per heavy atom. The highest BCUT2D eigenvalue weighted by Gasteiger charge is 2.29. The Bertz CT molecular complexity index is 604. The summed E-state index contributed by atoms with van der Waals surface area (Å²) in [5.74, 6) is -1.16. The molecule has 1 heterocycles. The van der Waals surface area contributed by atoms with Crippen LogP contribution in [0.15, 0.2) is 4.90 Å². The molecule has 0 aliphatic rings. The van der Waals surface area contributed by atoms with Gasteiger partial charge in [0.1, 0.15) is 4.90 Å². The lowest BCUT2D eigenvalue weighted by molar-refractivity contribution is -0.137. The van der Waals surface area contributed by atoms with Crippen LogP contribution in [0.1, 0.15) is 31.7 Å². The molecule has 1 unspecified atom stereocenters. The van der Waals surface area contributed by atoms with Gasteiger partial charge in [0.2, 0.25) is 10.0 Å². The smallest absolute Gasteiger partial charge is 0.304 e. The van der Waals surface area contributed by atoms with Crippen molar-refractivity contribution in [3.8, 4) is 0 Å². The van der Waals surface area contributed by atoms with E-state index in [2.05, 4.69) is 9.82 Å². The molecule has 0 radical (unpaired) electrons. The van der Waals surface area contributed by atoms with Gasteiger partial charge in [-0.05, 0) is 19.8 Å². The van der Waals surface area contributed by atoms with Crippen molar-refractivity contribution in [3.63, 3.8) is 0 Å². The lowest BCUT2D eigenvalue weighted by Crippen LogP contribution is -2.40. The zero-order chi connectivity index (χ0) is 15.7. The third kappa shape index (κ3) is 3.57. The number of nitrogens with zero attached hydrogens (tertiary/aromatic N) is 2. The number of hydrogen-bond acceptors (Lipinski definition) is 4. The average Bonchev–Trinajstić information content (AvgIpc) is 2.51. The van der Waals surface area contributed by atoms with Crippen molar-refractivity contribution >= 4 is 16.0 Å². The molecule has 114 valence electrons. The van der Waals surface area contributed by atoms with Crippen LogP contribution in [0.5, 0.6) is 0 Å². The first-order valence-corrected chi connectivity index (χ1v) is 7.79. The van der Waals surface area contributed by atoms with Gasteiger partial charge in [0, 0.05) is 13.1 Å². The lowest BCUT2D eigenvalue weighted by Gasteiger charge is -2.20. The number of hydrogen-bond donors (Lipinski definition) is 2. The highest BCUT2D eigenvalue weighted by Crippen LogP contribution is 2.20. The van der Waals surface area contributed by atoms with Gasteiger partial charge in [-0.25, -0.2) is 13.1 Å². The predicted octanol–water partition coefficient (Wildman–Crippen LogP) is 0.815. The van der Waals surface area contributed by atoms with Crippen LogP contribution in [-0.4, -0.2) is 35.3 Å². The fourth-order valence-electron chi connectivity index (χ4n) is 2.00. The molecule has 1 atom stereocenters. The van der Waals surface area contributed by atoms with Crippen molar-refractivity contribution in [2.75, 3.05) is 0 Å². The summed E-state index contributed by atoms with van der Waals surface area (Å²) in [6.07, 6.45) is -0.255. The van der Waals surface area contributed by atoms with E-state index in [1.807, 2.05) is 0 Å². The predicted molar refractivity (Wildman–Crippen MR) is 73.9 cm³/mol. The van der Waals surface area contributed by atoms with Crippen molar-refractivity contribution in [2.45, 2.75) is 45.1 Å². The van der Waals surface area contributed by atoms with Crippen LogP contribution in [0, 0.1) is 19.8 Å². The number of sulfonamides is 1.